The highest BCUT2D eigenvalue weighted by atomic mass is 31.2. The second-order valence-corrected chi connectivity index (χ2v) is 11.9. The molecular weight excluding hydrogens is 327 g/mol. The van der Waals surface area contributed by atoms with E-state index in [1.54, 1.807) is 13.8 Å². The number of carbonyl (C=O) groups is 2. The molecule has 0 rings (SSSR count). The van der Waals surface area contributed by atoms with Crippen molar-refractivity contribution in [3.8, 4) is 0 Å². The van der Waals surface area contributed by atoms with Gasteiger partial charge in [-0.3, -0.25) is 9.59 Å². The van der Waals surface area contributed by atoms with E-state index in [1.165, 1.54) is 0 Å². The van der Waals surface area contributed by atoms with Crippen LogP contribution in [0.15, 0.2) is 0 Å². The van der Waals surface area contributed by atoms with Crippen molar-refractivity contribution < 1.29 is 23.6 Å². The van der Waals surface area contributed by atoms with E-state index in [1.807, 2.05) is 13.8 Å². The highest BCUT2D eigenvalue weighted by Crippen LogP contribution is 2.62. The zero-order chi connectivity index (χ0) is 19.0. The first kappa shape index (κ1) is 23.2. The molecule has 0 aromatic carbocycles. The quantitative estimate of drug-likeness (QED) is 0.423. The van der Waals surface area contributed by atoms with Crippen LogP contribution < -0.4 is 0 Å². The Morgan fingerprint density at radius 2 is 1.21 bits per heavy atom. The van der Waals surface area contributed by atoms with Crippen LogP contribution in [0.4, 0.5) is 0 Å². The summed E-state index contributed by atoms with van der Waals surface area (Å²) in [6, 6.07) is 0. The van der Waals surface area contributed by atoms with Gasteiger partial charge in [0.1, 0.15) is 0 Å². The third kappa shape index (κ3) is 8.32. The monoisotopic (exact) mass is 362 g/mol. The Hall–Kier alpha value is -0.830. The number of carbonyl (C=O) groups excluding carboxylic acids is 2. The van der Waals surface area contributed by atoms with Crippen LogP contribution in [0.1, 0.15) is 67.7 Å². The predicted octanol–water partition coefficient (Wildman–Crippen LogP) is 4.47. The van der Waals surface area contributed by atoms with Crippen molar-refractivity contribution in [3.05, 3.63) is 0 Å². The van der Waals surface area contributed by atoms with Crippen LogP contribution in [-0.2, 0) is 23.6 Å². The summed E-state index contributed by atoms with van der Waals surface area (Å²) < 4.78 is 23.6. The van der Waals surface area contributed by atoms with Gasteiger partial charge in [-0.15, -0.1) is 0 Å². The molecule has 0 aromatic rings. The Kier molecular flexibility index (Phi) is 9.27. The molecule has 0 fully saturated rings. The van der Waals surface area contributed by atoms with Crippen molar-refractivity contribution in [1.82, 2.24) is 0 Å². The molecule has 0 amide bonds. The van der Waals surface area contributed by atoms with Crippen molar-refractivity contribution in [1.29, 1.82) is 0 Å². The standard InChI is InChI=1S/C18H35O5P/c1-8-22-15(19)10-12-24(21,13-11-16(20)23-9-2)18(6,7)14-17(3,4)5/h8-14H2,1-7H3. The van der Waals surface area contributed by atoms with Crippen LogP contribution in [0.25, 0.3) is 0 Å². The lowest BCUT2D eigenvalue weighted by atomic mass is 9.86. The molecule has 0 N–H and O–H groups in total. The van der Waals surface area contributed by atoms with E-state index in [0.717, 1.165) is 6.42 Å². The molecular formula is C18H35O5P. The lowest BCUT2D eigenvalue weighted by Gasteiger charge is -2.39. The van der Waals surface area contributed by atoms with E-state index in [4.69, 9.17) is 9.47 Å². The number of esters is 2. The normalized spacial score (nSPS) is 12.8. The molecule has 0 aliphatic rings. The molecule has 0 radical (unpaired) electrons. The summed E-state index contributed by atoms with van der Waals surface area (Å²) in [7, 11) is -2.78. The second-order valence-electron chi connectivity index (χ2n) is 8.00. The first-order chi connectivity index (χ1) is 10.9. The molecule has 6 heteroatoms. The molecule has 0 heterocycles. The Morgan fingerprint density at radius 1 is 0.833 bits per heavy atom. The minimum atomic E-state index is -2.78. The number of hydrogen-bond donors (Lipinski definition) is 0. The molecule has 0 atom stereocenters. The molecule has 0 saturated heterocycles. The van der Waals surface area contributed by atoms with Gasteiger partial charge in [0.15, 0.2) is 0 Å². The summed E-state index contributed by atoms with van der Waals surface area (Å²) >= 11 is 0. The zero-order valence-electron chi connectivity index (χ0n) is 16.4. The Bertz CT molecular complexity index is 437. The molecule has 24 heavy (non-hydrogen) atoms. The average molecular weight is 362 g/mol. The van der Waals surface area contributed by atoms with Crippen molar-refractivity contribution in [2.75, 3.05) is 25.5 Å². The fourth-order valence-electron chi connectivity index (χ4n) is 3.17. The van der Waals surface area contributed by atoms with Crippen LogP contribution in [0.5, 0.6) is 0 Å². The number of rotatable bonds is 10. The summed E-state index contributed by atoms with van der Waals surface area (Å²) in [4.78, 5) is 23.4. The summed E-state index contributed by atoms with van der Waals surface area (Å²) in [5.74, 6) is -0.666. The largest absolute Gasteiger partial charge is 0.466 e. The zero-order valence-corrected chi connectivity index (χ0v) is 17.3. The highest BCUT2D eigenvalue weighted by molar-refractivity contribution is 7.65. The molecule has 0 bridgehead atoms. The van der Waals surface area contributed by atoms with E-state index in [9.17, 15) is 14.2 Å². The average Bonchev–Trinajstić information content (AvgIpc) is 2.41. The molecule has 0 unspecified atom stereocenters. The molecule has 0 aliphatic carbocycles. The lowest BCUT2D eigenvalue weighted by molar-refractivity contribution is -0.143. The Balaban J connectivity index is 5.21. The third-order valence-electron chi connectivity index (χ3n) is 4.03. The smallest absolute Gasteiger partial charge is 0.306 e. The summed E-state index contributed by atoms with van der Waals surface area (Å²) in [6.45, 7) is 14.4. The predicted molar refractivity (Wildman–Crippen MR) is 98.0 cm³/mol. The van der Waals surface area contributed by atoms with Crippen molar-refractivity contribution in [2.45, 2.75) is 72.9 Å². The number of hydrogen-bond acceptors (Lipinski definition) is 5. The van der Waals surface area contributed by atoms with E-state index in [-0.39, 0.29) is 42.5 Å². The fraction of sp³-hybridized carbons (Fsp3) is 0.889. The van der Waals surface area contributed by atoms with Gasteiger partial charge >= 0.3 is 11.9 Å². The van der Waals surface area contributed by atoms with Gasteiger partial charge in [-0.05, 0) is 25.7 Å². The maximum atomic E-state index is 13.7. The van der Waals surface area contributed by atoms with Crippen LogP contribution in [0, 0.1) is 5.41 Å². The SMILES string of the molecule is CCOC(=O)CCP(=O)(CCC(=O)OCC)C(C)(C)CC(C)(C)C. The van der Waals surface area contributed by atoms with Gasteiger partial charge in [0, 0.05) is 17.5 Å². The molecule has 5 nitrogen and oxygen atoms in total. The summed E-state index contributed by atoms with van der Waals surface area (Å²) in [5, 5.41) is -0.454. The van der Waals surface area contributed by atoms with E-state index in [2.05, 4.69) is 20.8 Å². The molecule has 142 valence electrons. The van der Waals surface area contributed by atoms with Crippen LogP contribution >= 0.6 is 7.14 Å². The lowest BCUT2D eigenvalue weighted by Crippen LogP contribution is -2.30. The highest BCUT2D eigenvalue weighted by Gasteiger charge is 2.42. The van der Waals surface area contributed by atoms with E-state index in [0.29, 0.717) is 13.2 Å². The molecule has 0 aromatic heterocycles. The molecule has 0 aliphatic heterocycles. The Morgan fingerprint density at radius 3 is 1.50 bits per heavy atom. The van der Waals surface area contributed by atoms with Crippen molar-refractivity contribution >= 4 is 19.1 Å². The van der Waals surface area contributed by atoms with Gasteiger partial charge in [0.2, 0.25) is 0 Å². The van der Waals surface area contributed by atoms with Gasteiger partial charge in [0.25, 0.3) is 0 Å². The summed E-state index contributed by atoms with van der Waals surface area (Å²) in [5.41, 5.74) is 0.00696. The Labute approximate surface area is 147 Å². The van der Waals surface area contributed by atoms with Gasteiger partial charge in [-0.25, -0.2) is 0 Å². The van der Waals surface area contributed by atoms with Gasteiger partial charge in [-0.2, -0.15) is 0 Å². The minimum Gasteiger partial charge on any atom is -0.466 e. The second kappa shape index (κ2) is 9.60. The third-order valence-corrected chi connectivity index (χ3v) is 8.29. The van der Waals surface area contributed by atoms with Crippen molar-refractivity contribution in [3.63, 3.8) is 0 Å². The van der Waals surface area contributed by atoms with Gasteiger partial charge < -0.3 is 14.0 Å². The van der Waals surface area contributed by atoms with Crippen molar-refractivity contribution in [2.24, 2.45) is 5.41 Å². The topological polar surface area (TPSA) is 69.7 Å². The van der Waals surface area contributed by atoms with Crippen LogP contribution in [0.3, 0.4) is 0 Å². The van der Waals surface area contributed by atoms with E-state index >= 15 is 0 Å². The molecule has 0 saturated carbocycles. The molecule has 0 spiro atoms. The minimum absolute atomic E-state index is 0.00696. The first-order valence-electron chi connectivity index (χ1n) is 8.76. The maximum absolute atomic E-state index is 13.7. The van der Waals surface area contributed by atoms with Crippen LogP contribution in [0.2, 0.25) is 0 Å². The first-order valence-corrected chi connectivity index (χ1v) is 10.8. The maximum Gasteiger partial charge on any atom is 0.306 e. The van der Waals surface area contributed by atoms with Gasteiger partial charge in [-0.1, -0.05) is 34.6 Å². The summed E-state index contributed by atoms with van der Waals surface area (Å²) in [6.07, 6.45) is 1.55. The van der Waals surface area contributed by atoms with Crippen LogP contribution in [-0.4, -0.2) is 42.6 Å². The van der Waals surface area contributed by atoms with E-state index < -0.39 is 12.3 Å². The number of ether oxygens (including phenoxy) is 2. The van der Waals surface area contributed by atoms with Gasteiger partial charge in [0.05, 0.1) is 33.2 Å². The fourth-order valence-corrected chi connectivity index (χ4v) is 6.45.